The normalized spacial score (nSPS) is 25.7. The number of aliphatic hydroxyl groups is 1. The van der Waals surface area contributed by atoms with E-state index in [1.165, 1.54) is 15.2 Å². The van der Waals surface area contributed by atoms with Crippen LogP contribution in [0.25, 0.3) is 0 Å². The molecule has 0 radical (unpaired) electrons. The first-order chi connectivity index (χ1) is 8.45. The van der Waals surface area contributed by atoms with E-state index in [0.29, 0.717) is 19.4 Å². The molecule has 1 N–H and O–H groups in total. The quantitative estimate of drug-likeness (QED) is 0.778. The maximum Gasteiger partial charge on any atom is 0.214 e. The molecule has 0 bridgehead atoms. The van der Waals surface area contributed by atoms with Gasteiger partial charge in [0.15, 0.2) is 0 Å². The fraction of sp³-hybridized carbons (Fsp3) is 0.800. The predicted molar refractivity (Wildman–Crippen MR) is 65.2 cm³/mol. The minimum Gasteiger partial charge on any atom is -0.387 e. The lowest BCUT2D eigenvalue weighted by Crippen LogP contribution is -2.40. The van der Waals surface area contributed by atoms with Crippen LogP contribution in [0.3, 0.4) is 0 Å². The van der Waals surface area contributed by atoms with E-state index >= 15 is 0 Å². The molecule has 0 spiro atoms. The lowest BCUT2D eigenvalue weighted by atomic mass is 10.0. The van der Waals surface area contributed by atoms with Crippen molar-refractivity contribution in [2.24, 2.45) is 0 Å². The molecule has 0 aromatic carbocycles. The topological polar surface area (TPSA) is 88.3 Å². The molecule has 1 unspecified atom stereocenters. The zero-order valence-corrected chi connectivity index (χ0v) is 11.2. The summed E-state index contributed by atoms with van der Waals surface area (Å²) in [7, 11) is -3.23. The number of hydrogen-bond acceptors (Lipinski definition) is 5. The number of β-amino-alcohol motifs (C(OH)–C–C–N with tert-alkyl or cyclic N) is 1. The maximum absolute atomic E-state index is 11.9. The lowest BCUT2D eigenvalue weighted by molar-refractivity contribution is 0.0341. The van der Waals surface area contributed by atoms with Crippen LogP contribution in [0.2, 0.25) is 0 Å². The van der Waals surface area contributed by atoms with E-state index in [0.717, 1.165) is 0 Å². The molecule has 1 aromatic heterocycles. The SMILES string of the molecule is CCCS(=O)(=O)N1CCC(O)(Cn2ccnn2)C1. The molecule has 1 aromatic rings. The van der Waals surface area contributed by atoms with Crippen molar-refractivity contribution in [2.45, 2.75) is 31.9 Å². The summed E-state index contributed by atoms with van der Waals surface area (Å²) < 4.78 is 26.7. The van der Waals surface area contributed by atoms with Crippen molar-refractivity contribution in [1.29, 1.82) is 0 Å². The Labute approximate surface area is 106 Å². The van der Waals surface area contributed by atoms with Crippen molar-refractivity contribution >= 4 is 10.0 Å². The third-order valence-corrected chi connectivity index (χ3v) is 5.10. The molecule has 0 saturated carbocycles. The maximum atomic E-state index is 11.9. The summed E-state index contributed by atoms with van der Waals surface area (Å²) in [5.74, 6) is 0.131. The van der Waals surface area contributed by atoms with Crippen LogP contribution in [-0.4, -0.2) is 57.3 Å². The Kier molecular flexibility index (Phi) is 3.69. The highest BCUT2D eigenvalue weighted by Crippen LogP contribution is 2.25. The molecular weight excluding hydrogens is 256 g/mol. The molecule has 0 aliphatic carbocycles. The smallest absolute Gasteiger partial charge is 0.214 e. The second-order valence-electron chi connectivity index (χ2n) is 4.72. The van der Waals surface area contributed by atoms with E-state index in [4.69, 9.17) is 0 Å². The molecular formula is C10H18N4O3S. The Morgan fingerprint density at radius 3 is 2.89 bits per heavy atom. The van der Waals surface area contributed by atoms with Gasteiger partial charge in [-0.1, -0.05) is 12.1 Å². The van der Waals surface area contributed by atoms with Gasteiger partial charge in [-0.25, -0.2) is 13.1 Å². The Balaban J connectivity index is 2.03. The van der Waals surface area contributed by atoms with Gasteiger partial charge >= 0.3 is 0 Å². The first-order valence-electron chi connectivity index (χ1n) is 5.99. The highest BCUT2D eigenvalue weighted by atomic mass is 32.2. The average Bonchev–Trinajstić information content (AvgIpc) is 2.89. The molecule has 18 heavy (non-hydrogen) atoms. The van der Waals surface area contributed by atoms with E-state index in [-0.39, 0.29) is 18.8 Å². The average molecular weight is 274 g/mol. The molecule has 8 heteroatoms. The molecule has 2 heterocycles. The predicted octanol–water partition coefficient (Wildman–Crippen LogP) is -0.545. The third kappa shape index (κ3) is 2.88. The van der Waals surface area contributed by atoms with Gasteiger partial charge in [-0.3, -0.25) is 0 Å². The Hall–Kier alpha value is -0.990. The molecule has 7 nitrogen and oxygen atoms in total. The third-order valence-electron chi connectivity index (χ3n) is 3.08. The molecule has 1 saturated heterocycles. The minimum absolute atomic E-state index is 0.131. The van der Waals surface area contributed by atoms with Crippen molar-refractivity contribution in [2.75, 3.05) is 18.8 Å². The molecule has 1 aliphatic rings. The molecule has 0 amide bonds. The van der Waals surface area contributed by atoms with Crippen molar-refractivity contribution in [3.8, 4) is 0 Å². The lowest BCUT2D eigenvalue weighted by Gasteiger charge is -2.22. The van der Waals surface area contributed by atoms with Crippen molar-refractivity contribution in [3.63, 3.8) is 0 Å². The second kappa shape index (κ2) is 4.94. The van der Waals surface area contributed by atoms with Gasteiger partial charge in [0.25, 0.3) is 0 Å². The number of hydrogen-bond donors (Lipinski definition) is 1. The minimum atomic E-state index is -3.23. The van der Waals surface area contributed by atoms with E-state index in [1.807, 2.05) is 6.92 Å². The summed E-state index contributed by atoms with van der Waals surface area (Å²) in [6.07, 6.45) is 4.20. The van der Waals surface area contributed by atoms with Gasteiger partial charge in [0.05, 0.1) is 24.1 Å². The van der Waals surface area contributed by atoms with E-state index in [1.54, 1.807) is 6.20 Å². The number of sulfonamides is 1. The Bertz CT molecular complexity index is 487. The van der Waals surface area contributed by atoms with Crippen LogP contribution in [0.15, 0.2) is 12.4 Å². The zero-order valence-electron chi connectivity index (χ0n) is 10.4. The van der Waals surface area contributed by atoms with Crippen LogP contribution in [0.1, 0.15) is 19.8 Å². The molecule has 102 valence electrons. The summed E-state index contributed by atoms with van der Waals surface area (Å²) >= 11 is 0. The first kappa shape index (κ1) is 13.4. The van der Waals surface area contributed by atoms with Crippen molar-refractivity contribution in [1.82, 2.24) is 19.3 Å². The molecule has 1 atom stereocenters. The van der Waals surface area contributed by atoms with Crippen molar-refractivity contribution in [3.05, 3.63) is 12.4 Å². The van der Waals surface area contributed by atoms with Gasteiger partial charge in [-0.05, 0) is 12.8 Å². The fourth-order valence-electron chi connectivity index (χ4n) is 2.19. The molecule has 2 rings (SSSR count). The fourth-order valence-corrected chi connectivity index (χ4v) is 3.77. The number of nitrogens with zero attached hydrogens (tertiary/aromatic N) is 4. The second-order valence-corrected chi connectivity index (χ2v) is 6.81. The number of aromatic nitrogens is 3. The van der Waals surface area contributed by atoms with Gasteiger partial charge in [0.2, 0.25) is 10.0 Å². The standard InChI is InChI=1S/C10H18N4O3S/c1-2-7-18(16,17)14-5-3-10(15,9-14)8-13-6-4-11-12-13/h4,6,15H,2-3,5,7-9H2,1H3. The summed E-state index contributed by atoms with van der Waals surface area (Å²) in [5, 5.41) is 17.8. The Morgan fingerprint density at radius 1 is 1.50 bits per heavy atom. The summed E-state index contributed by atoms with van der Waals surface area (Å²) in [6, 6.07) is 0. The highest BCUT2D eigenvalue weighted by molar-refractivity contribution is 7.89. The van der Waals surface area contributed by atoms with E-state index in [9.17, 15) is 13.5 Å². The molecule has 1 fully saturated rings. The van der Waals surface area contributed by atoms with Crippen LogP contribution in [0.4, 0.5) is 0 Å². The van der Waals surface area contributed by atoms with Crippen LogP contribution in [0.5, 0.6) is 0 Å². The van der Waals surface area contributed by atoms with E-state index in [2.05, 4.69) is 10.3 Å². The largest absolute Gasteiger partial charge is 0.387 e. The molecule has 1 aliphatic heterocycles. The Morgan fingerprint density at radius 2 is 2.28 bits per heavy atom. The van der Waals surface area contributed by atoms with Crippen LogP contribution >= 0.6 is 0 Å². The van der Waals surface area contributed by atoms with Crippen LogP contribution < -0.4 is 0 Å². The van der Waals surface area contributed by atoms with Gasteiger partial charge in [0, 0.05) is 19.3 Å². The van der Waals surface area contributed by atoms with Crippen LogP contribution in [0, 0.1) is 0 Å². The first-order valence-corrected chi connectivity index (χ1v) is 7.60. The number of rotatable bonds is 5. The summed E-state index contributed by atoms with van der Waals surface area (Å²) in [5.41, 5.74) is -1.05. The monoisotopic (exact) mass is 274 g/mol. The van der Waals surface area contributed by atoms with Crippen LogP contribution in [-0.2, 0) is 16.6 Å². The van der Waals surface area contributed by atoms with Gasteiger partial charge in [-0.15, -0.1) is 5.10 Å². The van der Waals surface area contributed by atoms with Gasteiger partial charge in [-0.2, -0.15) is 4.31 Å². The van der Waals surface area contributed by atoms with Gasteiger partial charge in [0.1, 0.15) is 0 Å². The van der Waals surface area contributed by atoms with Gasteiger partial charge < -0.3 is 5.11 Å². The van der Waals surface area contributed by atoms with E-state index < -0.39 is 15.6 Å². The summed E-state index contributed by atoms with van der Waals surface area (Å²) in [4.78, 5) is 0. The highest BCUT2D eigenvalue weighted by Gasteiger charge is 2.41. The zero-order chi connectivity index (χ0) is 13.2. The van der Waals surface area contributed by atoms with Crippen molar-refractivity contribution < 1.29 is 13.5 Å². The summed E-state index contributed by atoms with van der Waals surface area (Å²) in [6.45, 7) is 2.60.